The van der Waals surface area contributed by atoms with Crippen LogP contribution in [0.3, 0.4) is 0 Å². The molecule has 6 heteroatoms. The summed E-state index contributed by atoms with van der Waals surface area (Å²) in [5.41, 5.74) is 1.33. The molecule has 0 spiro atoms. The molecule has 0 fully saturated rings. The number of nitrogens with zero attached hydrogens (tertiary/aromatic N) is 2. The van der Waals surface area contributed by atoms with Crippen molar-refractivity contribution in [2.24, 2.45) is 5.41 Å². The Hall–Kier alpha value is -2.34. The van der Waals surface area contributed by atoms with Gasteiger partial charge in [-0.25, -0.2) is 9.48 Å². The van der Waals surface area contributed by atoms with Crippen molar-refractivity contribution >= 4 is 11.7 Å². The maximum Gasteiger partial charge on any atom is 0.319 e. The average Bonchev–Trinajstić information content (AvgIpc) is 2.98. The summed E-state index contributed by atoms with van der Waals surface area (Å²) in [6, 6.07) is 8.85. The molecule has 0 radical (unpaired) electrons. The van der Waals surface area contributed by atoms with E-state index in [0.717, 1.165) is 5.69 Å². The van der Waals surface area contributed by atoms with E-state index in [4.69, 9.17) is 0 Å². The van der Waals surface area contributed by atoms with Crippen LogP contribution in [0.1, 0.15) is 20.8 Å². The Morgan fingerprint density at radius 3 is 2.55 bits per heavy atom. The topological polar surface area (TPSA) is 79.2 Å². The summed E-state index contributed by atoms with van der Waals surface area (Å²) in [5, 5.41) is 19.4. The summed E-state index contributed by atoms with van der Waals surface area (Å²) < 4.78 is 1.74. The maximum atomic E-state index is 11.8. The smallest absolute Gasteiger partial charge is 0.319 e. The van der Waals surface area contributed by atoms with Gasteiger partial charge in [-0.1, -0.05) is 20.8 Å². The van der Waals surface area contributed by atoms with Crippen molar-refractivity contribution in [3.63, 3.8) is 0 Å². The SMILES string of the molecule is CC(C)(C)C(O)CNC(=O)Nc1ccc(-n2cccn2)cc1. The zero-order chi connectivity index (χ0) is 16.2. The van der Waals surface area contributed by atoms with Crippen molar-refractivity contribution in [2.75, 3.05) is 11.9 Å². The van der Waals surface area contributed by atoms with Gasteiger partial charge in [0.2, 0.25) is 0 Å². The minimum atomic E-state index is -0.597. The molecule has 22 heavy (non-hydrogen) atoms. The van der Waals surface area contributed by atoms with Gasteiger partial charge >= 0.3 is 6.03 Å². The molecule has 1 atom stereocenters. The summed E-state index contributed by atoms with van der Waals surface area (Å²) in [4.78, 5) is 11.8. The number of nitrogens with one attached hydrogen (secondary N) is 2. The zero-order valence-electron chi connectivity index (χ0n) is 13.1. The standard InChI is InChI=1S/C16H22N4O2/c1-16(2,3)14(21)11-17-15(22)19-12-5-7-13(8-6-12)20-10-4-9-18-20/h4-10,14,21H,11H2,1-3H3,(H2,17,19,22). The fraction of sp³-hybridized carbons (Fsp3) is 0.375. The lowest BCUT2D eigenvalue weighted by atomic mass is 9.89. The van der Waals surface area contributed by atoms with Crippen LogP contribution in [0.5, 0.6) is 0 Å². The molecule has 3 N–H and O–H groups in total. The van der Waals surface area contributed by atoms with Crippen molar-refractivity contribution in [2.45, 2.75) is 26.9 Å². The highest BCUT2D eigenvalue weighted by molar-refractivity contribution is 5.89. The van der Waals surface area contributed by atoms with Gasteiger partial charge in [0, 0.05) is 24.6 Å². The fourth-order valence-electron chi connectivity index (χ4n) is 1.79. The average molecular weight is 302 g/mol. The van der Waals surface area contributed by atoms with Crippen LogP contribution in [-0.2, 0) is 0 Å². The van der Waals surface area contributed by atoms with Gasteiger partial charge in [-0.2, -0.15) is 5.10 Å². The number of aromatic nitrogens is 2. The van der Waals surface area contributed by atoms with E-state index in [0.29, 0.717) is 5.69 Å². The van der Waals surface area contributed by atoms with Crippen molar-refractivity contribution < 1.29 is 9.90 Å². The van der Waals surface area contributed by atoms with Gasteiger partial charge in [-0.15, -0.1) is 0 Å². The van der Waals surface area contributed by atoms with Crippen LogP contribution in [0.2, 0.25) is 0 Å². The van der Waals surface area contributed by atoms with Gasteiger partial charge in [-0.3, -0.25) is 0 Å². The third-order valence-electron chi connectivity index (χ3n) is 3.35. The largest absolute Gasteiger partial charge is 0.391 e. The van der Waals surface area contributed by atoms with Crippen LogP contribution in [0.4, 0.5) is 10.5 Å². The van der Waals surface area contributed by atoms with Gasteiger partial charge in [0.1, 0.15) is 0 Å². The number of carbonyl (C=O) groups is 1. The maximum absolute atomic E-state index is 11.8. The van der Waals surface area contributed by atoms with E-state index >= 15 is 0 Å². The van der Waals surface area contributed by atoms with Gasteiger partial charge in [0.05, 0.1) is 11.8 Å². The van der Waals surface area contributed by atoms with E-state index in [1.54, 1.807) is 23.0 Å². The second kappa shape index (κ2) is 6.62. The van der Waals surface area contributed by atoms with Crippen LogP contribution in [-0.4, -0.2) is 33.6 Å². The predicted octanol–water partition coefficient (Wildman–Crippen LogP) is 2.40. The molecule has 1 aromatic carbocycles. The quantitative estimate of drug-likeness (QED) is 0.811. The minimum Gasteiger partial charge on any atom is -0.391 e. The predicted molar refractivity (Wildman–Crippen MR) is 86.0 cm³/mol. The number of hydrogen-bond acceptors (Lipinski definition) is 3. The Morgan fingerprint density at radius 1 is 1.32 bits per heavy atom. The molecule has 0 aliphatic rings. The number of rotatable bonds is 4. The number of urea groups is 1. The highest BCUT2D eigenvalue weighted by Gasteiger charge is 2.22. The number of amides is 2. The number of hydrogen-bond donors (Lipinski definition) is 3. The van der Waals surface area contributed by atoms with Crippen LogP contribution in [0.15, 0.2) is 42.7 Å². The Labute approximate surface area is 130 Å². The first kappa shape index (κ1) is 16.0. The molecule has 1 aromatic heterocycles. The zero-order valence-corrected chi connectivity index (χ0v) is 13.1. The Balaban J connectivity index is 1.87. The number of aliphatic hydroxyl groups excluding tert-OH is 1. The molecule has 2 rings (SSSR count). The summed E-state index contributed by atoms with van der Waals surface area (Å²) in [6.07, 6.45) is 2.96. The first-order chi connectivity index (χ1) is 10.4. The van der Waals surface area contributed by atoms with Gasteiger partial charge in [-0.05, 0) is 35.7 Å². The molecule has 1 heterocycles. The van der Waals surface area contributed by atoms with Gasteiger partial charge in [0.25, 0.3) is 0 Å². The molecular formula is C16H22N4O2. The Kier molecular flexibility index (Phi) is 4.82. The van der Waals surface area contributed by atoms with Crippen LogP contribution in [0.25, 0.3) is 5.69 Å². The minimum absolute atomic E-state index is 0.209. The highest BCUT2D eigenvalue weighted by Crippen LogP contribution is 2.18. The van der Waals surface area contributed by atoms with Crippen LogP contribution in [0, 0.1) is 5.41 Å². The highest BCUT2D eigenvalue weighted by atomic mass is 16.3. The van der Waals surface area contributed by atoms with E-state index in [2.05, 4.69) is 15.7 Å². The summed E-state index contributed by atoms with van der Waals surface area (Å²) in [5.74, 6) is 0. The summed E-state index contributed by atoms with van der Waals surface area (Å²) in [7, 11) is 0. The van der Waals surface area contributed by atoms with E-state index in [1.165, 1.54) is 0 Å². The van der Waals surface area contributed by atoms with Crippen molar-refractivity contribution in [3.05, 3.63) is 42.7 Å². The van der Waals surface area contributed by atoms with E-state index in [1.807, 2.05) is 45.2 Å². The third-order valence-corrected chi connectivity index (χ3v) is 3.35. The summed E-state index contributed by atoms with van der Waals surface area (Å²) >= 11 is 0. The molecule has 0 saturated heterocycles. The van der Waals surface area contributed by atoms with Crippen molar-refractivity contribution in [1.82, 2.24) is 15.1 Å². The van der Waals surface area contributed by atoms with Crippen LogP contribution < -0.4 is 10.6 Å². The van der Waals surface area contributed by atoms with E-state index < -0.39 is 6.10 Å². The number of aliphatic hydroxyl groups is 1. The molecule has 1 unspecified atom stereocenters. The number of carbonyl (C=O) groups excluding carboxylic acids is 1. The molecule has 0 aliphatic carbocycles. The lowest BCUT2D eigenvalue weighted by Gasteiger charge is -2.25. The molecule has 0 bridgehead atoms. The first-order valence-electron chi connectivity index (χ1n) is 7.19. The Bertz CT molecular complexity index is 600. The number of benzene rings is 1. The second-order valence-corrected chi connectivity index (χ2v) is 6.21. The molecule has 118 valence electrons. The lowest BCUT2D eigenvalue weighted by Crippen LogP contribution is -2.40. The molecule has 0 saturated carbocycles. The third kappa shape index (κ3) is 4.33. The van der Waals surface area contributed by atoms with E-state index in [-0.39, 0.29) is 18.0 Å². The van der Waals surface area contributed by atoms with E-state index in [9.17, 15) is 9.90 Å². The lowest BCUT2D eigenvalue weighted by molar-refractivity contribution is 0.0654. The monoisotopic (exact) mass is 302 g/mol. The molecule has 2 amide bonds. The first-order valence-corrected chi connectivity index (χ1v) is 7.19. The summed E-state index contributed by atoms with van der Waals surface area (Å²) in [6.45, 7) is 5.97. The Morgan fingerprint density at radius 2 is 2.00 bits per heavy atom. The molecular weight excluding hydrogens is 280 g/mol. The van der Waals surface area contributed by atoms with Crippen LogP contribution >= 0.6 is 0 Å². The van der Waals surface area contributed by atoms with Crippen molar-refractivity contribution in [1.29, 1.82) is 0 Å². The normalized spacial score (nSPS) is 12.7. The molecule has 2 aromatic rings. The fourth-order valence-corrected chi connectivity index (χ4v) is 1.79. The molecule has 6 nitrogen and oxygen atoms in total. The second-order valence-electron chi connectivity index (χ2n) is 6.21. The molecule has 0 aliphatic heterocycles. The van der Waals surface area contributed by atoms with Gasteiger partial charge in [0.15, 0.2) is 0 Å². The van der Waals surface area contributed by atoms with Crippen molar-refractivity contribution in [3.8, 4) is 5.69 Å². The number of anilines is 1. The van der Waals surface area contributed by atoms with Gasteiger partial charge < -0.3 is 15.7 Å².